The van der Waals surface area contributed by atoms with E-state index >= 15 is 0 Å². The molecule has 0 saturated carbocycles. The number of pyridine rings is 1. The molecule has 0 spiro atoms. The summed E-state index contributed by atoms with van der Waals surface area (Å²) in [5.41, 5.74) is 1.32. The van der Waals surface area contributed by atoms with E-state index in [9.17, 15) is 14.0 Å². The van der Waals surface area contributed by atoms with Gasteiger partial charge in [-0.15, -0.1) is 0 Å². The van der Waals surface area contributed by atoms with Gasteiger partial charge in [-0.05, 0) is 31.0 Å². The highest BCUT2D eigenvalue weighted by molar-refractivity contribution is 6.32. The summed E-state index contributed by atoms with van der Waals surface area (Å²) >= 11 is 6.12. The molecule has 1 aliphatic heterocycles. The van der Waals surface area contributed by atoms with E-state index in [1.807, 2.05) is 0 Å². The topological polar surface area (TPSA) is 83.0 Å². The van der Waals surface area contributed by atoms with Crippen molar-refractivity contribution in [2.24, 2.45) is 7.05 Å². The molecule has 0 radical (unpaired) electrons. The summed E-state index contributed by atoms with van der Waals surface area (Å²) < 4.78 is 15.1. The highest BCUT2D eigenvalue weighted by Crippen LogP contribution is 2.25. The third kappa shape index (κ3) is 3.47. The van der Waals surface area contributed by atoms with E-state index in [1.165, 1.54) is 29.1 Å². The van der Waals surface area contributed by atoms with E-state index in [2.05, 4.69) is 15.4 Å². The van der Waals surface area contributed by atoms with E-state index in [4.69, 9.17) is 11.6 Å². The number of nitrogens with zero attached hydrogens (tertiary/aromatic N) is 3. The van der Waals surface area contributed by atoms with Crippen LogP contribution in [0.25, 0.3) is 10.9 Å². The first-order valence-electron chi connectivity index (χ1n) is 8.98. The van der Waals surface area contributed by atoms with Crippen LogP contribution in [0, 0.1) is 5.82 Å². The van der Waals surface area contributed by atoms with Crippen molar-refractivity contribution < 1.29 is 9.18 Å². The van der Waals surface area contributed by atoms with Crippen molar-refractivity contribution in [3.05, 3.63) is 57.3 Å². The molecule has 1 fully saturated rings. The lowest BCUT2D eigenvalue weighted by atomic mass is 10.0. The Balaban J connectivity index is 1.47. The number of carbonyl (C=O) groups is 1. The third-order valence-electron chi connectivity index (χ3n) is 5.04. The standard InChI is InChI=1S/C19H19ClFN5O2/c1-25-18(20)14(10-22-25)19(28)26-6-4-12(5-7-26)23-16-9-17(27)24-15-3-2-11(21)8-13(15)16/h2-3,8-10,12H,4-7H2,1H3,(H2,23,24,27). The molecule has 3 heterocycles. The highest BCUT2D eigenvalue weighted by atomic mass is 35.5. The van der Waals surface area contributed by atoms with Gasteiger partial charge in [-0.1, -0.05) is 11.6 Å². The maximum Gasteiger partial charge on any atom is 0.258 e. The second-order valence-corrected chi connectivity index (χ2v) is 7.28. The Kier molecular flexibility index (Phi) is 4.80. The minimum absolute atomic E-state index is 0.0710. The SMILES string of the molecule is Cn1ncc(C(=O)N2CCC(Nc3cc(=O)[nH]c4ccc(F)cc34)CC2)c1Cl. The molecule has 1 aliphatic rings. The number of anilines is 1. The smallest absolute Gasteiger partial charge is 0.258 e. The van der Waals surface area contributed by atoms with Crippen LogP contribution in [0.4, 0.5) is 10.1 Å². The Labute approximate surface area is 165 Å². The number of aromatic amines is 1. The summed E-state index contributed by atoms with van der Waals surface area (Å²) in [4.78, 5) is 29.0. The minimum Gasteiger partial charge on any atom is -0.381 e. The number of fused-ring (bicyclic) bond motifs is 1. The fourth-order valence-corrected chi connectivity index (χ4v) is 3.70. The number of nitrogens with one attached hydrogen (secondary N) is 2. The number of halogens is 2. The zero-order valence-electron chi connectivity index (χ0n) is 15.2. The lowest BCUT2D eigenvalue weighted by Crippen LogP contribution is -2.42. The maximum atomic E-state index is 13.6. The van der Waals surface area contributed by atoms with Gasteiger partial charge in [-0.3, -0.25) is 14.3 Å². The molecule has 9 heteroatoms. The molecule has 1 aromatic carbocycles. The quantitative estimate of drug-likeness (QED) is 0.704. The molecule has 28 heavy (non-hydrogen) atoms. The lowest BCUT2D eigenvalue weighted by Gasteiger charge is -2.33. The Morgan fingerprint density at radius 3 is 2.75 bits per heavy atom. The number of aryl methyl sites for hydroxylation is 1. The van der Waals surface area contributed by atoms with Crippen molar-refractivity contribution in [3.8, 4) is 0 Å². The average Bonchev–Trinajstić information content (AvgIpc) is 3.01. The van der Waals surface area contributed by atoms with Gasteiger partial charge in [0.05, 0.1) is 17.3 Å². The van der Waals surface area contributed by atoms with Gasteiger partial charge >= 0.3 is 0 Å². The number of hydrogen-bond acceptors (Lipinski definition) is 4. The van der Waals surface area contributed by atoms with Gasteiger partial charge in [0.15, 0.2) is 0 Å². The summed E-state index contributed by atoms with van der Waals surface area (Å²) in [6.07, 6.45) is 2.88. The second-order valence-electron chi connectivity index (χ2n) is 6.92. The summed E-state index contributed by atoms with van der Waals surface area (Å²) in [7, 11) is 1.68. The van der Waals surface area contributed by atoms with Crippen LogP contribution in [0.2, 0.25) is 5.15 Å². The number of piperidine rings is 1. The zero-order chi connectivity index (χ0) is 19.8. The number of rotatable bonds is 3. The monoisotopic (exact) mass is 403 g/mol. The van der Waals surface area contributed by atoms with Crippen LogP contribution >= 0.6 is 11.6 Å². The first-order chi connectivity index (χ1) is 13.4. The van der Waals surface area contributed by atoms with Crippen molar-refractivity contribution >= 4 is 34.1 Å². The van der Waals surface area contributed by atoms with Gasteiger partial charge in [-0.25, -0.2) is 4.39 Å². The van der Waals surface area contributed by atoms with Crippen LogP contribution in [0.15, 0.2) is 35.3 Å². The van der Waals surface area contributed by atoms with Crippen LogP contribution in [0.3, 0.4) is 0 Å². The number of amides is 1. The summed E-state index contributed by atoms with van der Waals surface area (Å²) in [5, 5.41) is 8.30. The molecule has 3 aromatic rings. The van der Waals surface area contributed by atoms with E-state index in [0.29, 0.717) is 53.2 Å². The lowest BCUT2D eigenvalue weighted by molar-refractivity contribution is 0.0718. The summed E-state index contributed by atoms with van der Waals surface area (Å²) in [6.45, 7) is 1.11. The zero-order valence-corrected chi connectivity index (χ0v) is 16.0. The molecule has 146 valence electrons. The Hall–Kier alpha value is -2.87. The van der Waals surface area contributed by atoms with E-state index in [1.54, 1.807) is 18.0 Å². The highest BCUT2D eigenvalue weighted by Gasteiger charge is 2.26. The van der Waals surface area contributed by atoms with Crippen LogP contribution in [-0.4, -0.2) is 44.7 Å². The van der Waals surface area contributed by atoms with Gasteiger partial charge in [0.25, 0.3) is 5.91 Å². The average molecular weight is 404 g/mol. The Morgan fingerprint density at radius 2 is 2.07 bits per heavy atom. The predicted molar refractivity (Wildman–Crippen MR) is 105 cm³/mol. The number of carbonyl (C=O) groups excluding carboxylic acids is 1. The number of aromatic nitrogens is 3. The van der Waals surface area contributed by atoms with E-state index in [0.717, 1.165) is 0 Å². The minimum atomic E-state index is -0.364. The van der Waals surface area contributed by atoms with Crippen LogP contribution < -0.4 is 10.9 Å². The number of H-pyrrole nitrogens is 1. The van der Waals surface area contributed by atoms with Crippen LogP contribution in [0.5, 0.6) is 0 Å². The fraction of sp³-hybridized carbons (Fsp3) is 0.316. The molecule has 2 aromatic heterocycles. The van der Waals surface area contributed by atoms with Gasteiger partial charge in [-0.2, -0.15) is 5.10 Å². The maximum absolute atomic E-state index is 13.6. The molecule has 7 nitrogen and oxygen atoms in total. The van der Waals surface area contributed by atoms with Crippen molar-refractivity contribution in [1.82, 2.24) is 19.7 Å². The van der Waals surface area contributed by atoms with Crippen molar-refractivity contribution in [2.75, 3.05) is 18.4 Å². The molecule has 1 amide bonds. The molecular weight excluding hydrogens is 385 g/mol. The number of likely N-dealkylation sites (tertiary alicyclic amines) is 1. The fourth-order valence-electron chi connectivity index (χ4n) is 3.53. The first-order valence-corrected chi connectivity index (χ1v) is 9.36. The van der Waals surface area contributed by atoms with E-state index < -0.39 is 0 Å². The first kappa shape index (κ1) is 18.5. The van der Waals surface area contributed by atoms with Crippen molar-refractivity contribution in [2.45, 2.75) is 18.9 Å². The number of hydrogen-bond donors (Lipinski definition) is 2. The normalized spacial score (nSPS) is 15.2. The molecular formula is C19H19ClFN5O2. The molecule has 0 unspecified atom stereocenters. The molecule has 1 saturated heterocycles. The van der Waals surface area contributed by atoms with E-state index in [-0.39, 0.29) is 23.3 Å². The third-order valence-corrected chi connectivity index (χ3v) is 5.49. The van der Waals surface area contributed by atoms with Crippen molar-refractivity contribution in [3.63, 3.8) is 0 Å². The predicted octanol–water partition coefficient (Wildman–Crippen LogP) is 2.77. The van der Waals surface area contributed by atoms with Gasteiger partial charge in [0, 0.05) is 43.3 Å². The Morgan fingerprint density at radius 1 is 1.32 bits per heavy atom. The molecule has 0 atom stereocenters. The Bertz CT molecular complexity index is 1100. The van der Waals surface area contributed by atoms with Crippen molar-refractivity contribution in [1.29, 1.82) is 0 Å². The van der Waals surface area contributed by atoms with Crippen LogP contribution in [-0.2, 0) is 7.05 Å². The summed E-state index contributed by atoms with van der Waals surface area (Å²) in [5.74, 6) is -0.503. The molecule has 0 bridgehead atoms. The molecule has 4 rings (SSSR count). The molecule has 0 aliphatic carbocycles. The van der Waals surface area contributed by atoms with Gasteiger partial charge < -0.3 is 15.2 Å². The molecule has 2 N–H and O–H groups in total. The summed E-state index contributed by atoms with van der Waals surface area (Å²) in [6, 6.07) is 5.78. The second kappa shape index (κ2) is 7.27. The number of benzene rings is 1. The van der Waals surface area contributed by atoms with Gasteiger partial charge in [0.1, 0.15) is 11.0 Å². The van der Waals surface area contributed by atoms with Crippen LogP contribution in [0.1, 0.15) is 23.2 Å². The largest absolute Gasteiger partial charge is 0.381 e. The van der Waals surface area contributed by atoms with Gasteiger partial charge in [0.2, 0.25) is 5.56 Å².